The lowest BCUT2D eigenvalue weighted by Gasteiger charge is -2.08. The van der Waals surface area contributed by atoms with E-state index >= 15 is 0 Å². The Labute approximate surface area is 146 Å². The average molecular weight is 368 g/mol. The fraction of sp³-hybridized carbons (Fsp3) is 0.438. The number of hydrogen-bond acceptors (Lipinski definition) is 6. The van der Waals surface area contributed by atoms with E-state index in [-0.39, 0.29) is 42.2 Å². The Hall–Kier alpha value is -2.26. The van der Waals surface area contributed by atoms with E-state index in [0.29, 0.717) is 5.56 Å². The molecule has 0 unspecified atom stereocenters. The minimum Gasteiger partial charge on any atom is -0.456 e. The number of nitrogens with one attached hydrogen (secondary N) is 2. The van der Waals surface area contributed by atoms with Gasteiger partial charge in [-0.3, -0.25) is 14.4 Å². The summed E-state index contributed by atoms with van der Waals surface area (Å²) < 4.78 is 31.2. The Morgan fingerprint density at radius 1 is 1.16 bits per heavy atom. The molecule has 0 aromatic heterocycles. The van der Waals surface area contributed by atoms with E-state index < -0.39 is 16.0 Å². The first-order chi connectivity index (χ1) is 11.8. The van der Waals surface area contributed by atoms with Crippen LogP contribution in [0.2, 0.25) is 0 Å². The highest BCUT2D eigenvalue weighted by molar-refractivity contribution is 7.89. The van der Waals surface area contributed by atoms with Crippen LogP contribution in [-0.2, 0) is 24.3 Å². The molecule has 2 N–H and O–H groups in total. The van der Waals surface area contributed by atoms with E-state index in [1.165, 1.54) is 31.2 Å². The highest BCUT2D eigenvalue weighted by Gasteiger charge is 2.23. The van der Waals surface area contributed by atoms with E-state index in [1.807, 2.05) is 0 Å². The first-order valence-electron chi connectivity index (χ1n) is 7.83. The average Bonchev–Trinajstić information content (AvgIpc) is 3.37. The summed E-state index contributed by atoms with van der Waals surface area (Å²) in [4.78, 5) is 34.1. The Morgan fingerprint density at radius 3 is 2.36 bits per heavy atom. The number of Topliss-reactive ketones (excluding diaryl/α,β-unsaturated/α-hetero) is 1. The Kier molecular flexibility index (Phi) is 6.27. The Morgan fingerprint density at radius 2 is 1.80 bits per heavy atom. The first-order valence-corrected chi connectivity index (χ1v) is 9.32. The van der Waals surface area contributed by atoms with Crippen molar-refractivity contribution in [3.63, 3.8) is 0 Å². The molecule has 1 amide bonds. The van der Waals surface area contributed by atoms with Gasteiger partial charge in [0.2, 0.25) is 10.0 Å². The van der Waals surface area contributed by atoms with Gasteiger partial charge >= 0.3 is 5.97 Å². The Bertz CT molecular complexity index is 753. The Balaban J connectivity index is 1.74. The molecule has 1 aliphatic carbocycles. The van der Waals surface area contributed by atoms with Gasteiger partial charge < -0.3 is 10.1 Å². The van der Waals surface area contributed by atoms with Crippen molar-refractivity contribution in [3.05, 3.63) is 29.8 Å². The van der Waals surface area contributed by atoms with Gasteiger partial charge in [0, 0.05) is 18.2 Å². The first kappa shape index (κ1) is 19.1. The van der Waals surface area contributed by atoms with Crippen molar-refractivity contribution in [2.45, 2.75) is 37.1 Å². The third-order valence-corrected chi connectivity index (χ3v) is 4.98. The van der Waals surface area contributed by atoms with Crippen molar-refractivity contribution in [3.8, 4) is 0 Å². The number of rotatable bonds is 9. The summed E-state index contributed by atoms with van der Waals surface area (Å²) >= 11 is 0. The quantitative estimate of drug-likeness (QED) is 0.480. The molecule has 0 spiro atoms. The third-order valence-electron chi connectivity index (χ3n) is 3.50. The summed E-state index contributed by atoms with van der Waals surface area (Å²) in [7, 11) is -3.79. The molecular formula is C16H20N2O6S. The number of hydrogen-bond donors (Lipinski definition) is 2. The van der Waals surface area contributed by atoms with Crippen molar-refractivity contribution in [1.82, 2.24) is 10.0 Å². The van der Waals surface area contributed by atoms with Crippen LogP contribution in [-0.4, -0.2) is 45.3 Å². The lowest BCUT2D eigenvalue weighted by Crippen LogP contribution is -2.31. The largest absolute Gasteiger partial charge is 0.456 e. The van der Waals surface area contributed by atoms with Crippen molar-refractivity contribution in [1.29, 1.82) is 0 Å². The summed E-state index contributed by atoms with van der Waals surface area (Å²) in [6, 6.07) is 5.67. The fourth-order valence-electron chi connectivity index (χ4n) is 1.95. The van der Waals surface area contributed by atoms with E-state index in [1.54, 1.807) is 0 Å². The van der Waals surface area contributed by atoms with Gasteiger partial charge in [0.05, 0.1) is 11.3 Å². The number of carbonyl (C=O) groups is 3. The monoisotopic (exact) mass is 368 g/mol. The van der Waals surface area contributed by atoms with Gasteiger partial charge in [-0.1, -0.05) is 12.1 Å². The maximum Gasteiger partial charge on any atom is 0.307 e. The molecule has 1 aliphatic rings. The van der Waals surface area contributed by atoms with Crippen LogP contribution in [0, 0.1) is 0 Å². The standard InChI is InChI=1S/C16H20N2O6S/c1-11(19)12-2-6-14(7-3-12)25(22,23)17-9-8-16(21)24-10-15(20)18-13-4-5-13/h2-3,6-7,13,17H,4-5,8-10H2,1H3,(H,18,20). The lowest BCUT2D eigenvalue weighted by molar-refractivity contribution is -0.148. The van der Waals surface area contributed by atoms with E-state index in [4.69, 9.17) is 4.74 Å². The topological polar surface area (TPSA) is 119 Å². The molecule has 0 saturated heterocycles. The molecule has 0 radical (unpaired) electrons. The van der Waals surface area contributed by atoms with Crippen LogP contribution in [0.3, 0.4) is 0 Å². The molecule has 0 bridgehead atoms. The van der Waals surface area contributed by atoms with Crippen molar-refractivity contribution in [2.24, 2.45) is 0 Å². The second-order valence-corrected chi connectivity index (χ2v) is 7.50. The predicted octanol–water partition coefficient (Wildman–Crippen LogP) is 0.379. The zero-order valence-corrected chi connectivity index (χ0v) is 14.6. The normalized spacial score (nSPS) is 14.0. The smallest absolute Gasteiger partial charge is 0.307 e. The van der Waals surface area contributed by atoms with Crippen molar-refractivity contribution in [2.75, 3.05) is 13.2 Å². The minimum atomic E-state index is -3.79. The second kappa shape index (κ2) is 8.21. The molecule has 1 aromatic carbocycles. The summed E-state index contributed by atoms with van der Waals surface area (Å²) in [6.45, 7) is 0.868. The minimum absolute atomic E-state index is 0.00493. The molecule has 136 valence electrons. The van der Waals surface area contributed by atoms with Gasteiger partial charge in [0.25, 0.3) is 5.91 Å². The number of amides is 1. The van der Waals surface area contributed by atoms with Gasteiger partial charge in [0.1, 0.15) is 0 Å². The molecule has 1 saturated carbocycles. The van der Waals surface area contributed by atoms with Crippen molar-refractivity contribution >= 4 is 27.7 Å². The predicted molar refractivity (Wildman–Crippen MR) is 88.4 cm³/mol. The molecule has 0 aliphatic heterocycles. The lowest BCUT2D eigenvalue weighted by atomic mass is 10.2. The summed E-state index contributed by atoms with van der Waals surface area (Å²) in [5.41, 5.74) is 0.409. The number of ketones is 1. The second-order valence-electron chi connectivity index (χ2n) is 5.73. The summed E-state index contributed by atoms with van der Waals surface area (Å²) in [5.74, 6) is -1.19. The van der Waals surface area contributed by atoms with Gasteiger partial charge in [-0.25, -0.2) is 13.1 Å². The molecule has 1 fully saturated rings. The molecule has 25 heavy (non-hydrogen) atoms. The summed E-state index contributed by atoms with van der Waals surface area (Å²) in [5, 5.41) is 2.67. The zero-order chi connectivity index (χ0) is 18.4. The van der Waals surface area contributed by atoms with Gasteiger partial charge in [-0.05, 0) is 31.9 Å². The molecular weight excluding hydrogens is 348 g/mol. The SMILES string of the molecule is CC(=O)c1ccc(S(=O)(=O)NCCC(=O)OCC(=O)NC2CC2)cc1. The molecule has 2 rings (SSSR count). The number of carbonyl (C=O) groups excluding carboxylic acids is 3. The maximum absolute atomic E-state index is 12.1. The molecule has 1 aromatic rings. The van der Waals surface area contributed by atoms with E-state index in [2.05, 4.69) is 10.0 Å². The highest BCUT2D eigenvalue weighted by Crippen LogP contribution is 2.18. The van der Waals surface area contributed by atoms with E-state index in [0.717, 1.165) is 12.8 Å². The van der Waals surface area contributed by atoms with Crippen LogP contribution in [0.25, 0.3) is 0 Å². The van der Waals surface area contributed by atoms with Crippen LogP contribution >= 0.6 is 0 Å². The zero-order valence-electron chi connectivity index (χ0n) is 13.8. The molecule has 9 heteroatoms. The molecule has 8 nitrogen and oxygen atoms in total. The number of sulfonamides is 1. The van der Waals surface area contributed by atoms with E-state index in [9.17, 15) is 22.8 Å². The van der Waals surface area contributed by atoms with Crippen LogP contribution in [0.1, 0.15) is 36.5 Å². The van der Waals surface area contributed by atoms with Gasteiger partial charge in [0.15, 0.2) is 12.4 Å². The van der Waals surface area contributed by atoms with Crippen LogP contribution in [0.4, 0.5) is 0 Å². The number of esters is 1. The van der Waals surface area contributed by atoms with Gasteiger partial charge in [-0.15, -0.1) is 0 Å². The fourth-order valence-corrected chi connectivity index (χ4v) is 2.99. The van der Waals surface area contributed by atoms with Gasteiger partial charge in [-0.2, -0.15) is 0 Å². The third kappa shape index (κ3) is 6.28. The maximum atomic E-state index is 12.1. The van der Waals surface area contributed by atoms with Crippen molar-refractivity contribution < 1.29 is 27.5 Å². The molecule has 0 atom stereocenters. The van der Waals surface area contributed by atoms with Crippen LogP contribution in [0.5, 0.6) is 0 Å². The highest BCUT2D eigenvalue weighted by atomic mass is 32.2. The van der Waals surface area contributed by atoms with Crippen LogP contribution < -0.4 is 10.0 Å². The number of ether oxygens (including phenoxy) is 1. The molecule has 0 heterocycles. The van der Waals surface area contributed by atoms with Crippen LogP contribution in [0.15, 0.2) is 29.2 Å². The number of benzene rings is 1. The summed E-state index contributed by atoms with van der Waals surface area (Å²) in [6.07, 6.45) is 1.69.